The number of hydrogen-bond acceptors (Lipinski definition) is 5. The van der Waals surface area contributed by atoms with E-state index in [4.69, 9.17) is 4.74 Å². The molecule has 2 aromatic heterocycles. The summed E-state index contributed by atoms with van der Waals surface area (Å²) in [6, 6.07) is -0.330. The maximum absolute atomic E-state index is 12.1. The molecule has 1 saturated heterocycles. The Labute approximate surface area is 109 Å². The van der Waals surface area contributed by atoms with E-state index in [1.807, 2.05) is 14.0 Å². The van der Waals surface area contributed by atoms with E-state index in [-0.39, 0.29) is 11.9 Å². The van der Waals surface area contributed by atoms with E-state index in [0.29, 0.717) is 25.6 Å². The number of carbonyl (C=O) groups is 1. The standard InChI is InChI=1S/C11H16N6O2/c1-6-8-9(14-15-10(8)17(2)16-6)13-11(18)7-5-19-4-3-12-7/h7,12H,3-5H2,1-2H3,(H2,13,14,15,18). The lowest BCUT2D eigenvalue weighted by Gasteiger charge is -2.22. The number of ether oxygens (including phenoxy) is 1. The smallest absolute Gasteiger partial charge is 0.245 e. The Hall–Kier alpha value is -1.93. The van der Waals surface area contributed by atoms with Crippen LogP contribution in [0.3, 0.4) is 0 Å². The number of fused-ring (bicyclic) bond motifs is 1. The van der Waals surface area contributed by atoms with E-state index in [2.05, 4.69) is 25.9 Å². The van der Waals surface area contributed by atoms with Gasteiger partial charge < -0.3 is 15.4 Å². The topological polar surface area (TPSA) is 96.9 Å². The second kappa shape index (κ2) is 4.63. The molecule has 0 saturated carbocycles. The summed E-state index contributed by atoms with van der Waals surface area (Å²) in [5.41, 5.74) is 1.55. The molecule has 0 aromatic carbocycles. The fraction of sp³-hybridized carbons (Fsp3) is 0.545. The van der Waals surface area contributed by atoms with Gasteiger partial charge in [0.15, 0.2) is 5.65 Å². The molecule has 19 heavy (non-hydrogen) atoms. The van der Waals surface area contributed by atoms with Crippen molar-refractivity contribution in [3.8, 4) is 0 Å². The van der Waals surface area contributed by atoms with Gasteiger partial charge in [-0.3, -0.25) is 9.89 Å². The predicted octanol–water partition coefficient (Wildman–Crippen LogP) is -0.468. The summed E-state index contributed by atoms with van der Waals surface area (Å²) in [6.45, 7) is 3.59. The van der Waals surface area contributed by atoms with Crippen molar-refractivity contribution in [1.29, 1.82) is 0 Å². The van der Waals surface area contributed by atoms with Gasteiger partial charge in [-0.25, -0.2) is 4.68 Å². The summed E-state index contributed by atoms with van der Waals surface area (Å²) in [5, 5.41) is 18.0. The Balaban J connectivity index is 1.83. The van der Waals surface area contributed by atoms with Gasteiger partial charge >= 0.3 is 0 Å². The number of aromatic nitrogens is 4. The first kappa shape index (κ1) is 12.1. The van der Waals surface area contributed by atoms with Crippen molar-refractivity contribution in [1.82, 2.24) is 25.3 Å². The van der Waals surface area contributed by atoms with Crippen LogP contribution in [0, 0.1) is 6.92 Å². The first-order valence-corrected chi connectivity index (χ1v) is 6.16. The molecule has 8 heteroatoms. The first-order valence-electron chi connectivity index (χ1n) is 6.16. The fourth-order valence-electron chi connectivity index (χ4n) is 2.27. The molecule has 0 spiro atoms. The zero-order valence-corrected chi connectivity index (χ0v) is 10.9. The average molecular weight is 264 g/mol. The van der Waals surface area contributed by atoms with Crippen molar-refractivity contribution in [2.75, 3.05) is 25.1 Å². The van der Waals surface area contributed by atoms with Crippen molar-refractivity contribution in [2.45, 2.75) is 13.0 Å². The highest BCUT2D eigenvalue weighted by Gasteiger charge is 2.23. The zero-order chi connectivity index (χ0) is 13.4. The van der Waals surface area contributed by atoms with Crippen molar-refractivity contribution in [2.24, 2.45) is 7.05 Å². The number of carbonyl (C=O) groups excluding carboxylic acids is 1. The van der Waals surface area contributed by atoms with Crippen LogP contribution in [0.25, 0.3) is 11.0 Å². The zero-order valence-electron chi connectivity index (χ0n) is 10.9. The van der Waals surface area contributed by atoms with Crippen LogP contribution >= 0.6 is 0 Å². The van der Waals surface area contributed by atoms with Crippen molar-refractivity contribution in [3.05, 3.63) is 5.69 Å². The van der Waals surface area contributed by atoms with E-state index in [0.717, 1.165) is 16.7 Å². The Bertz CT molecular complexity index is 610. The van der Waals surface area contributed by atoms with Crippen LogP contribution in [0.1, 0.15) is 5.69 Å². The molecular weight excluding hydrogens is 248 g/mol. The first-order chi connectivity index (χ1) is 9.16. The minimum atomic E-state index is -0.330. The SMILES string of the molecule is Cc1nn(C)c2n[nH]c(NC(=O)C3COCCN3)c12. The van der Waals surface area contributed by atoms with Gasteiger partial charge in [-0.15, -0.1) is 0 Å². The number of aromatic amines is 1. The quantitative estimate of drug-likeness (QED) is 0.681. The molecular formula is C11H16N6O2. The van der Waals surface area contributed by atoms with Crippen LogP contribution in [0.2, 0.25) is 0 Å². The largest absolute Gasteiger partial charge is 0.378 e. The number of rotatable bonds is 2. The monoisotopic (exact) mass is 264 g/mol. The Kier molecular flexibility index (Phi) is 2.96. The summed E-state index contributed by atoms with van der Waals surface area (Å²) in [6.07, 6.45) is 0. The summed E-state index contributed by atoms with van der Waals surface area (Å²) in [7, 11) is 1.82. The van der Waals surface area contributed by atoms with Crippen LogP contribution in [-0.2, 0) is 16.6 Å². The van der Waals surface area contributed by atoms with Gasteiger partial charge in [0.05, 0.1) is 24.3 Å². The Morgan fingerprint density at radius 2 is 2.42 bits per heavy atom. The van der Waals surface area contributed by atoms with Crippen LogP contribution in [0.5, 0.6) is 0 Å². The van der Waals surface area contributed by atoms with Crippen molar-refractivity contribution < 1.29 is 9.53 Å². The predicted molar refractivity (Wildman–Crippen MR) is 68.8 cm³/mol. The van der Waals surface area contributed by atoms with Gasteiger partial charge in [0.2, 0.25) is 5.91 Å². The minimum absolute atomic E-state index is 0.131. The molecule has 2 aromatic rings. The number of nitrogens with zero attached hydrogens (tertiary/aromatic N) is 3. The van der Waals surface area contributed by atoms with E-state index in [1.54, 1.807) is 4.68 Å². The Morgan fingerprint density at radius 1 is 1.58 bits per heavy atom. The van der Waals surface area contributed by atoms with Crippen molar-refractivity contribution >= 4 is 22.8 Å². The molecule has 3 N–H and O–H groups in total. The molecule has 1 fully saturated rings. The van der Waals surface area contributed by atoms with Gasteiger partial charge in [0.1, 0.15) is 11.9 Å². The third kappa shape index (κ3) is 2.08. The molecule has 1 aliphatic rings. The fourth-order valence-corrected chi connectivity index (χ4v) is 2.27. The summed E-state index contributed by atoms with van der Waals surface area (Å²) in [5.74, 6) is 0.450. The lowest BCUT2D eigenvalue weighted by molar-refractivity contribution is -0.120. The van der Waals surface area contributed by atoms with Crippen LogP contribution in [0.4, 0.5) is 5.82 Å². The highest BCUT2D eigenvalue weighted by molar-refractivity contribution is 6.01. The lowest BCUT2D eigenvalue weighted by Crippen LogP contribution is -2.48. The molecule has 3 heterocycles. The number of anilines is 1. The number of H-pyrrole nitrogens is 1. The average Bonchev–Trinajstić information content (AvgIpc) is 2.94. The number of aryl methyl sites for hydroxylation is 2. The molecule has 3 rings (SSSR count). The second-order valence-electron chi connectivity index (χ2n) is 4.58. The third-order valence-electron chi connectivity index (χ3n) is 3.20. The van der Waals surface area contributed by atoms with E-state index >= 15 is 0 Å². The van der Waals surface area contributed by atoms with Crippen LogP contribution in [0.15, 0.2) is 0 Å². The van der Waals surface area contributed by atoms with Crippen LogP contribution in [-0.4, -0.2) is 51.7 Å². The molecule has 102 valence electrons. The molecule has 1 amide bonds. The van der Waals surface area contributed by atoms with Gasteiger partial charge in [0, 0.05) is 13.6 Å². The van der Waals surface area contributed by atoms with Crippen molar-refractivity contribution in [3.63, 3.8) is 0 Å². The Morgan fingerprint density at radius 3 is 3.16 bits per heavy atom. The normalized spacial score (nSPS) is 19.8. The van der Waals surface area contributed by atoms with Crippen LogP contribution < -0.4 is 10.6 Å². The van der Waals surface area contributed by atoms with E-state index < -0.39 is 0 Å². The molecule has 0 radical (unpaired) electrons. The molecule has 0 bridgehead atoms. The molecule has 1 unspecified atom stereocenters. The minimum Gasteiger partial charge on any atom is -0.378 e. The number of morpholine rings is 1. The number of nitrogens with one attached hydrogen (secondary N) is 3. The van der Waals surface area contributed by atoms with Gasteiger partial charge in [-0.1, -0.05) is 0 Å². The van der Waals surface area contributed by atoms with Gasteiger partial charge in [-0.05, 0) is 6.92 Å². The highest BCUT2D eigenvalue weighted by Crippen LogP contribution is 2.23. The van der Waals surface area contributed by atoms with Gasteiger partial charge in [-0.2, -0.15) is 10.2 Å². The molecule has 1 aliphatic heterocycles. The van der Waals surface area contributed by atoms with Gasteiger partial charge in [0.25, 0.3) is 0 Å². The summed E-state index contributed by atoms with van der Waals surface area (Å²) >= 11 is 0. The highest BCUT2D eigenvalue weighted by atomic mass is 16.5. The molecule has 8 nitrogen and oxygen atoms in total. The number of amides is 1. The maximum Gasteiger partial charge on any atom is 0.245 e. The molecule has 0 aliphatic carbocycles. The maximum atomic E-state index is 12.1. The lowest BCUT2D eigenvalue weighted by atomic mass is 10.2. The van der Waals surface area contributed by atoms with E-state index in [1.165, 1.54) is 0 Å². The second-order valence-corrected chi connectivity index (χ2v) is 4.58. The molecule has 1 atom stereocenters. The summed E-state index contributed by atoms with van der Waals surface area (Å²) in [4.78, 5) is 12.1. The number of hydrogen-bond donors (Lipinski definition) is 3. The summed E-state index contributed by atoms with van der Waals surface area (Å²) < 4.78 is 6.95. The van der Waals surface area contributed by atoms with E-state index in [9.17, 15) is 4.79 Å². The third-order valence-corrected chi connectivity index (χ3v) is 3.20.